The van der Waals surface area contributed by atoms with Gasteiger partial charge in [0.25, 0.3) is 0 Å². The van der Waals surface area contributed by atoms with Gasteiger partial charge in [0.05, 0.1) is 6.54 Å². The second-order valence-corrected chi connectivity index (χ2v) is 3.59. The quantitative estimate of drug-likeness (QED) is 0.649. The highest BCUT2D eigenvalue weighted by atomic mass is 16.4. The monoisotopic (exact) mass is 232 g/mol. The Labute approximate surface area is 97.7 Å². The zero-order valence-electron chi connectivity index (χ0n) is 8.97. The summed E-state index contributed by atoms with van der Waals surface area (Å²) in [5, 5.41) is 21.3. The molecule has 5 nitrogen and oxygen atoms in total. The molecule has 1 aromatic carbocycles. The van der Waals surface area contributed by atoms with E-state index < -0.39 is 5.97 Å². The second-order valence-electron chi connectivity index (χ2n) is 3.59. The molecular formula is C12H12N2O3. The predicted octanol–water partition coefficient (Wildman–Crippen LogP) is 2.03. The van der Waals surface area contributed by atoms with Gasteiger partial charge >= 0.3 is 5.97 Å². The van der Waals surface area contributed by atoms with Crippen LogP contribution in [0.15, 0.2) is 36.5 Å². The van der Waals surface area contributed by atoms with Crippen LogP contribution >= 0.6 is 0 Å². The molecule has 0 amide bonds. The standard InChI is InChI=1S/C12H12N2O3/c15-11-6-8(3-4-10(11)12(16)17)14-7-9-2-1-5-13-9/h1-6,13-15H,7H2,(H,16,17). The van der Waals surface area contributed by atoms with Crippen LogP contribution in [0.4, 0.5) is 5.69 Å². The molecule has 1 aromatic heterocycles. The lowest BCUT2D eigenvalue weighted by Gasteiger charge is -2.07. The maximum atomic E-state index is 10.7. The fourth-order valence-electron chi connectivity index (χ4n) is 1.50. The number of aromatic hydroxyl groups is 1. The van der Waals surface area contributed by atoms with E-state index in [-0.39, 0.29) is 11.3 Å². The first kappa shape index (κ1) is 11.1. The number of carboxylic acid groups (broad SMARTS) is 1. The largest absolute Gasteiger partial charge is 0.507 e. The summed E-state index contributed by atoms with van der Waals surface area (Å²) in [7, 11) is 0. The van der Waals surface area contributed by atoms with Gasteiger partial charge in [-0.1, -0.05) is 0 Å². The van der Waals surface area contributed by atoms with E-state index >= 15 is 0 Å². The van der Waals surface area contributed by atoms with E-state index in [0.717, 1.165) is 5.69 Å². The molecule has 0 aliphatic rings. The fraction of sp³-hybridized carbons (Fsp3) is 0.0833. The summed E-state index contributed by atoms with van der Waals surface area (Å²) in [5.74, 6) is -1.38. The normalized spacial score (nSPS) is 10.1. The third-order valence-corrected chi connectivity index (χ3v) is 2.37. The Kier molecular flexibility index (Phi) is 3.00. The molecule has 0 bridgehead atoms. The molecule has 0 aliphatic carbocycles. The van der Waals surface area contributed by atoms with Crippen molar-refractivity contribution in [1.82, 2.24) is 4.98 Å². The van der Waals surface area contributed by atoms with Gasteiger partial charge in [-0.25, -0.2) is 4.79 Å². The molecule has 0 unspecified atom stereocenters. The van der Waals surface area contributed by atoms with E-state index in [2.05, 4.69) is 10.3 Å². The highest BCUT2D eigenvalue weighted by Crippen LogP contribution is 2.22. The van der Waals surface area contributed by atoms with E-state index in [9.17, 15) is 9.90 Å². The fourth-order valence-corrected chi connectivity index (χ4v) is 1.50. The van der Waals surface area contributed by atoms with Gasteiger partial charge < -0.3 is 20.5 Å². The molecule has 5 heteroatoms. The van der Waals surface area contributed by atoms with Crippen molar-refractivity contribution in [2.24, 2.45) is 0 Å². The molecule has 17 heavy (non-hydrogen) atoms. The van der Waals surface area contributed by atoms with E-state index in [1.54, 1.807) is 6.07 Å². The van der Waals surface area contributed by atoms with Gasteiger partial charge in [-0.05, 0) is 24.3 Å². The SMILES string of the molecule is O=C(O)c1ccc(NCc2ccc[nH]2)cc1O. The van der Waals surface area contributed by atoms with Gasteiger partial charge in [-0.3, -0.25) is 0 Å². The molecule has 88 valence electrons. The molecular weight excluding hydrogens is 220 g/mol. The van der Waals surface area contributed by atoms with Crippen LogP contribution in [-0.4, -0.2) is 21.2 Å². The summed E-state index contributed by atoms with van der Waals surface area (Å²) in [4.78, 5) is 13.7. The summed E-state index contributed by atoms with van der Waals surface area (Å²) >= 11 is 0. The predicted molar refractivity (Wildman–Crippen MR) is 63.2 cm³/mol. The van der Waals surface area contributed by atoms with Crippen molar-refractivity contribution in [2.45, 2.75) is 6.54 Å². The number of aromatic amines is 1. The third kappa shape index (κ3) is 2.57. The maximum absolute atomic E-state index is 10.7. The molecule has 0 atom stereocenters. The first-order chi connectivity index (χ1) is 8.16. The Bertz CT molecular complexity index is 521. The minimum Gasteiger partial charge on any atom is -0.507 e. The number of carboxylic acids is 1. The van der Waals surface area contributed by atoms with Gasteiger partial charge in [-0.2, -0.15) is 0 Å². The van der Waals surface area contributed by atoms with E-state index in [0.29, 0.717) is 12.2 Å². The molecule has 0 fully saturated rings. The van der Waals surface area contributed by atoms with E-state index in [4.69, 9.17) is 5.11 Å². The molecule has 2 rings (SSSR count). The number of aromatic carboxylic acids is 1. The number of rotatable bonds is 4. The number of H-pyrrole nitrogens is 1. The lowest BCUT2D eigenvalue weighted by atomic mass is 10.2. The van der Waals surface area contributed by atoms with E-state index in [1.165, 1.54) is 12.1 Å². The smallest absolute Gasteiger partial charge is 0.339 e. The Hall–Kier alpha value is -2.43. The first-order valence-corrected chi connectivity index (χ1v) is 5.09. The van der Waals surface area contributed by atoms with Gasteiger partial charge in [0.2, 0.25) is 0 Å². The number of nitrogens with one attached hydrogen (secondary N) is 2. The van der Waals surface area contributed by atoms with Crippen molar-refractivity contribution >= 4 is 11.7 Å². The van der Waals surface area contributed by atoms with Crippen LogP contribution in [0.25, 0.3) is 0 Å². The molecule has 2 aromatic rings. The third-order valence-electron chi connectivity index (χ3n) is 2.37. The minimum absolute atomic E-state index is 0.101. The van der Waals surface area contributed by atoms with Crippen molar-refractivity contribution in [1.29, 1.82) is 0 Å². The second kappa shape index (κ2) is 4.61. The summed E-state index contributed by atoms with van der Waals surface area (Å²) in [6.45, 7) is 0.582. The van der Waals surface area contributed by atoms with Crippen molar-refractivity contribution in [3.8, 4) is 5.75 Å². The minimum atomic E-state index is -1.14. The molecule has 0 saturated carbocycles. The van der Waals surface area contributed by atoms with Crippen molar-refractivity contribution in [3.63, 3.8) is 0 Å². The van der Waals surface area contributed by atoms with Crippen LogP contribution in [0.3, 0.4) is 0 Å². The van der Waals surface area contributed by atoms with Gasteiger partial charge in [0, 0.05) is 23.6 Å². The van der Waals surface area contributed by atoms with Crippen LogP contribution in [0.2, 0.25) is 0 Å². The van der Waals surface area contributed by atoms with Crippen LogP contribution in [0.1, 0.15) is 16.1 Å². The summed E-state index contributed by atoms with van der Waals surface area (Å²) < 4.78 is 0. The summed E-state index contributed by atoms with van der Waals surface area (Å²) in [5.41, 5.74) is 1.57. The van der Waals surface area contributed by atoms with Gasteiger partial charge in [0.1, 0.15) is 11.3 Å². The van der Waals surface area contributed by atoms with Gasteiger partial charge in [0.15, 0.2) is 0 Å². The van der Waals surface area contributed by atoms with Crippen LogP contribution in [0.5, 0.6) is 5.75 Å². The van der Waals surface area contributed by atoms with Crippen LogP contribution < -0.4 is 5.32 Å². The first-order valence-electron chi connectivity index (χ1n) is 5.09. The van der Waals surface area contributed by atoms with Crippen molar-refractivity contribution < 1.29 is 15.0 Å². The number of anilines is 1. The molecule has 0 saturated heterocycles. The molecule has 0 spiro atoms. The number of aromatic nitrogens is 1. The number of hydrogen-bond donors (Lipinski definition) is 4. The Morgan fingerprint density at radius 3 is 2.76 bits per heavy atom. The lowest BCUT2D eigenvalue weighted by Crippen LogP contribution is -2.01. The number of hydrogen-bond acceptors (Lipinski definition) is 3. The zero-order valence-corrected chi connectivity index (χ0v) is 8.97. The Morgan fingerprint density at radius 1 is 1.35 bits per heavy atom. The number of phenols is 1. The maximum Gasteiger partial charge on any atom is 0.339 e. The highest BCUT2D eigenvalue weighted by Gasteiger charge is 2.09. The average Bonchev–Trinajstić information content (AvgIpc) is 2.78. The lowest BCUT2D eigenvalue weighted by molar-refractivity contribution is 0.0694. The summed E-state index contributed by atoms with van der Waals surface area (Å²) in [6, 6.07) is 8.20. The molecule has 0 radical (unpaired) electrons. The Balaban J connectivity index is 2.07. The molecule has 1 heterocycles. The highest BCUT2D eigenvalue weighted by molar-refractivity contribution is 5.91. The molecule has 4 N–H and O–H groups in total. The van der Waals surface area contributed by atoms with E-state index in [1.807, 2.05) is 18.3 Å². The van der Waals surface area contributed by atoms with Crippen LogP contribution in [0, 0.1) is 0 Å². The topological polar surface area (TPSA) is 85.4 Å². The van der Waals surface area contributed by atoms with Crippen molar-refractivity contribution in [2.75, 3.05) is 5.32 Å². The zero-order chi connectivity index (χ0) is 12.3. The average molecular weight is 232 g/mol. The van der Waals surface area contributed by atoms with Crippen LogP contribution in [-0.2, 0) is 6.54 Å². The molecule has 0 aliphatic heterocycles. The summed E-state index contributed by atoms with van der Waals surface area (Å²) in [6.07, 6.45) is 1.82. The number of benzene rings is 1. The Morgan fingerprint density at radius 2 is 2.18 bits per heavy atom. The number of carbonyl (C=O) groups is 1. The van der Waals surface area contributed by atoms with Crippen molar-refractivity contribution in [3.05, 3.63) is 47.8 Å². The van der Waals surface area contributed by atoms with Gasteiger partial charge in [-0.15, -0.1) is 0 Å².